The Morgan fingerprint density at radius 1 is 0.383 bits per heavy atom. The Kier molecular flexibility index (Phi) is 29.5. The van der Waals surface area contributed by atoms with Crippen LogP contribution in [0, 0.1) is 0 Å². The molecule has 0 aliphatic carbocycles. The molecule has 0 bridgehead atoms. The van der Waals surface area contributed by atoms with Gasteiger partial charge in [0.05, 0.1) is 71.6 Å². The topological polar surface area (TPSA) is 165 Å². The molecule has 19 heteroatoms. The summed E-state index contributed by atoms with van der Waals surface area (Å²) in [6, 6.07) is 78.4. The minimum absolute atomic E-state index is 0.00313. The predicted molar refractivity (Wildman–Crippen MR) is 410 cm³/mol. The van der Waals surface area contributed by atoms with Gasteiger partial charge in [-0.1, -0.05) is 285 Å². The average molecular weight is 1500 g/mol. The largest absolute Gasteiger partial charge is 0.453 e. The van der Waals surface area contributed by atoms with E-state index in [9.17, 15) is 0 Å². The molecule has 0 spiro atoms. The lowest BCUT2D eigenvalue weighted by Crippen LogP contribution is -2.73. The minimum atomic E-state index is -3.26. The zero-order chi connectivity index (χ0) is 74.3. The highest BCUT2D eigenvalue weighted by atomic mass is 35.5. The van der Waals surface area contributed by atoms with E-state index in [2.05, 4.69) is 41.5 Å². The maximum atomic E-state index is 15.3. The first-order valence-corrected chi connectivity index (χ1v) is 40.1. The van der Waals surface area contributed by atoms with Crippen LogP contribution in [-0.2, 0) is 121 Å². The lowest BCUT2D eigenvalue weighted by atomic mass is 9.95. The number of hydrogen-bond acceptors (Lipinski definition) is 17. The third-order valence-electron chi connectivity index (χ3n) is 19.9. The molecule has 570 valence electrons. The summed E-state index contributed by atoms with van der Waals surface area (Å²) in [5.74, 6) is -0.0711. The van der Waals surface area contributed by atoms with E-state index in [1.54, 1.807) is 24.3 Å². The Balaban J connectivity index is 1.01. The Bertz CT molecular complexity index is 3820. The van der Waals surface area contributed by atoms with Crippen LogP contribution >= 0.6 is 11.6 Å². The van der Waals surface area contributed by atoms with Crippen LogP contribution in [-0.4, -0.2) is 139 Å². The van der Waals surface area contributed by atoms with Crippen molar-refractivity contribution in [3.8, 4) is 0 Å². The van der Waals surface area contributed by atoms with Gasteiger partial charge in [0.2, 0.25) is 0 Å². The van der Waals surface area contributed by atoms with Crippen LogP contribution in [0.5, 0.6) is 0 Å². The van der Waals surface area contributed by atoms with E-state index in [0.29, 0.717) is 12.5 Å². The smallest absolute Gasteiger partial charge is 0.349 e. The molecule has 8 aromatic carbocycles. The Morgan fingerprint density at radius 3 is 1.18 bits per heavy atom. The molecule has 107 heavy (non-hydrogen) atoms. The van der Waals surface area contributed by atoms with E-state index < -0.39 is 117 Å². The third kappa shape index (κ3) is 21.8. The fraction of sp³-hybridized carbons (Fsp3) is 0.443. The van der Waals surface area contributed by atoms with Crippen LogP contribution in [0.1, 0.15) is 117 Å². The number of hydrogen-bond donors (Lipinski definition) is 0. The SMILES string of the molecule is CC(C)(C)[Si]1(C(C)(C)C)OC[C@H]2O[C@@H](O[C@H]3[C@@H](OC(=O)c4ccccc4)[C@@H](COCc4ccccc4)O[C@@H](O[C@H]4[C@H](OCc5ccccc5)[C@@H](OCc5ccccc5)[C@H](OCCCCCCCl)O[C@@H]4COCc4ccccc4)[C@@H]3OCc3ccccc3)[C@H](OCc3ccccc3)[C@@H](OCc3ccccc3)[C@@H]2O1. The predicted octanol–water partition coefficient (Wildman–Crippen LogP) is 16.8. The summed E-state index contributed by atoms with van der Waals surface area (Å²) < 4.78 is 117. The number of fused-ring (bicyclic) bond motifs is 1. The number of esters is 1. The van der Waals surface area contributed by atoms with Crippen molar-refractivity contribution in [2.24, 2.45) is 0 Å². The van der Waals surface area contributed by atoms with Gasteiger partial charge in [-0.05, 0) is 63.9 Å². The first kappa shape index (κ1) is 79.7. The van der Waals surface area contributed by atoms with Crippen molar-refractivity contribution in [2.45, 2.75) is 216 Å². The van der Waals surface area contributed by atoms with E-state index in [-0.39, 0.29) is 71.6 Å². The molecule has 0 aromatic heterocycles. The van der Waals surface area contributed by atoms with Crippen molar-refractivity contribution in [3.63, 3.8) is 0 Å². The maximum Gasteiger partial charge on any atom is 0.349 e. The van der Waals surface area contributed by atoms with Crippen molar-refractivity contribution >= 4 is 26.1 Å². The number of rotatable bonds is 36. The highest BCUT2D eigenvalue weighted by molar-refractivity contribution is 6.73. The molecule has 4 aliphatic heterocycles. The van der Waals surface area contributed by atoms with Crippen LogP contribution in [0.3, 0.4) is 0 Å². The number of ether oxygens (including phenoxy) is 14. The molecule has 17 nitrogen and oxygen atoms in total. The summed E-state index contributed by atoms with van der Waals surface area (Å²) in [6.07, 6.45) is -12.8. The molecular formula is C88H105ClO17Si. The quantitative estimate of drug-likeness (QED) is 0.0157. The molecule has 8 aromatic rings. The van der Waals surface area contributed by atoms with Gasteiger partial charge in [0.1, 0.15) is 67.1 Å². The summed E-state index contributed by atoms with van der Waals surface area (Å²) >= 11 is 6.17. The molecule has 0 unspecified atom stereocenters. The van der Waals surface area contributed by atoms with Gasteiger partial charge < -0.3 is 75.2 Å². The van der Waals surface area contributed by atoms with Crippen LogP contribution in [0.15, 0.2) is 243 Å². The molecule has 0 saturated carbocycles. The van der Waals surface area contributed by atoms with Gasteiger partial charge in [0.25, 0.3) is 0 Å². The first-order chi connectivity index (χ1) is 52.2. The van der Waals surface area contributed by atoms with Gasteiger partial charge in [-0.2, -0.15) is 0 Å². The van der Waals surface area contributed by atoms with Crippen molar-refractivity contribution in [2.75, 3.05) is 32.3 Å². The molecule has 15 atom stereocenters. The number of carbonyl (C=O) groups is 1. The maximum absolute atomic E-state index is 15.3. The van der Waals surface area contributed by atoms with E-state index in [1.165, 1.54) is 0 Å². The van der Waals surface area contributed by atoms with Crippen LogP contribution < -0.4 is 0 Å². The molecule has 0 radical (unpaired) electrons. The van der Waals surface area contributed by atoms with Crippen molar-refractivity contribution in [1.82, 2.24) is 0 Å². The highest BCUT2D eigenvalue weighted by Crippen LogP contribution is 2.56. The zero-order valence-corrected chi connectivity index (χ0v) is 64.1. The molecule has 12 rings (SSSR count). The molecule has 4 aliphatic rings. The fourth-order valence-corrected chi connectivity index (χ4v) is 19.8. The van der Waals surface area contributed by atoms with E-state index >= 15 is 4.79 Å². The highest BCUT2D eigenvalue weighted by Gasteiger charge is 2.66. The molecule has 0 amide bonds. The summed E-state index contributed by atoms with van der Waals surface area (Å²) in [4.78, 5) is 15.3. The molecule has 0 N–H and O–H groups in total. The third-order valence-corrected chi connectivity index (χ3v) is 25.3. The van der Waals surface area contributed by atoms with E-state index in [0.717, 1.165) is 64.6 Å². The van der Waals surface area contributed by atoms with Crippen LogP contribution in [0.25, 0.3) is 0 Å². The summed E-state index contributed by atoms with van der Waals surface area (Å²) in [5, 5.41) is -0.841. The minimum Gasteiger partial charge on any atom is -0.453 e. The lowest BCUT2D eigenvalue weighted by Gasteiger charge is -2.58. The van der Waals surface area contributed by atoms with E-state index in [1.807, 2.05) is 218 Å². The van der Waals surface area contributed by atoms with Gasteiger partial charge in [-0.3, -0.25) is 0 Å². The summed E-state index contributed by atoms with van der Waals surface area (Å²) in [6.45, 7) is 14.5. The van der Waals surface area contributed by atoms with Gasteiger partial charge in [0.15, 0.2) is 25.0 Å². The molecule has 4 saturated heterocycles. The second-order valence-electron chi connectivity index (χ2n) is 29.9. The van der Waals surface area contributed by atoms with Gasteiger partial charge in [-0.15, -0.1) is 11.6 Å². The summed E-state index contributed by atoms with van der Waals surface area (Å²) in [5.41, 5.74) is 6.63. The van der Waals surface area contributed by atoms with Crippen LogP contribution in [0.4, 0.5) is 0 Å². The number of carbonyl (C=O) groups excluding carboxylic acids is 1. The Labute approximate surface area is 637 Å². The summed E-state index contributed by atoms with van der Waals surface area (Å²) in [7, 11) is -3.26. The van der Waals surface area contributed by atoms with Gasteiger partial charge in [-0.25, -0.2) is 4.79 Å². The van der Waals surface area contributed by atoms with E-state index in [4.69, 9.17) is 86.8 Å². The van der Waals surface area contributed by atoms with Crippen molar-refractivity contribution < 1.29 is 80.0 Å². The average Bonchev–Trinajstić information content (AvgIpc) is 0.725. The van der Waals surface area contributed by atoms with Crippen molar-refractivity contribution in [1.29, 1.82) is 0 Å². The van der Waals surface area contributed by atoms with Crippen LogP contribution in [0.2, 0.25) is 10.1 Å². The van der Waals surface area contributed by atoms with Crippen molar-refractivity contribution in [3.05, 3.63) is 287 Å². The standard InChI is InChI=1S/C88H105ClO17Si/c1-87(2,3)107(88(4,5)6)99-62-73-76(106-107)78(95-56-66-41-23-12-24-42-66)81(97-58-68-45-27-14-28-46-68)85(102-73)105-79-75(103-83(90)70-49-31-16-32-50-70)72(61-92-54-64-37-19-10-20-38-64)101-86(82(79)98-59-69-47-29-15-30-48-69)104-74-71(60-91-53-63-35-17-9-18-36-63)100-84(93-52-34-8-7-33-51-89)80(96-57-67-43-25-13-26-44-67)77(74)94-55-65-39-21-11-22-40-65/h9-32,35-50,71-82,84-86H,7-8,33-34,51-62H2,1-6H3/t71-,72-,73-,74-,75+,76-,77+,78+,79+,80-,81-,82-,84-,85+,86+/m1/s1. The van der Waals surface area contributed by atoms with Gasteiger partial charge >= 0.3 is 14.5 Å². The zero-order valence-electron chi connectivity index (χ0n) is 62.4. The first-order valence-electron chi connectivity index (χ1n) is 37.7. The number of benzene rings is 8. The second-order valence-corrected chi connectivity index (χ2v) is 35.0. The molecular weight excluding hydrogens is 1390 g/mol. The monoisotopic (exact) mass is 1500 g/mol. The Hall–Kier alpha value is -6.86. The number of halogens is 1. The molecule has 4 fully saturated rings. The lowest BCUT2D eigenvalue weighted by molar-refractivity contribution is -0.393. The Morgan fingerprint density at radius 2 is 0.738 bits per heavy atom. The fourth-order valence-electron chi connectivity index (χ4n) is 14.6. The number of alkyl halides is 1. The number of unbranched alkanes of at least 4 members (excludes halogenated alkanes) is 3. The molecule has 4 heterocycles. The van der Waals surface area contributed by atoms with Gasteiger partial charge in [0, 0.05) is 22.6 Å². The second kappa shape index (κ2) is 39.7. The normalized spacial score (nSPS) is 25.9.